The van der Waals surface area contributed by atoms with Crippen molar-refractivity contribution >= 4 is 10.8 Å². The monoisotopic (exact) mass is 265 g/mol. The van der Waals surface area contributed by atoms with Gasteiger partial charge in [-0.15, -0.1) is 0 Å². The first-order chi connectivity index (χ1) is 8.77. The van der Waals surface area contributed by atoms with Crippen LogP contribution in [0.3, 0.4) is 0 Å². The summed E-state index contributed by atoms with van der Waals surface area (Å²) in [7, 11) is -0.812. The predicted molar refractivity (Wildman–Crippen MR) is 74.1 cm³/mol. The summed E-state index contributed by atoms with van der Waals surface area (Å²) in [6.07, 6.45) is 3.28. The molecule has 18 heavy (non-hydrogen) atoms. The second-order valence-electron chi connectivity index (χ2n) is 4.01. The molecule has 0 aliphatic heterocycles. The number of para-hydroxylation sites is 1. The van der Waals surface area contributed by atoms with E-state index in [-0.39, 0.29) is 0 Å². The van der Waals surface area contributed by atoms with E-state index in [0.29, 0.717) is 23.7 Å². The van der Waals surface area contributed by atoms with Crippen LogP contribution in [-0.2, 0) is 10.8 Å². The summed E-state index contributed by atoms with van der Waals surface area (Å²) in [5.41, 5.74) is 0.522. The van der Waals surface area contributed by atoms with Crippen molar-refractivity contribution < 1.29 is 8.95 Å². The molecular weight excluding hydrogens is 246 g/mol. The van der Waals surface area contributed by atoms with Gasteiger partial charge in [-0.2, -0.15) is 5.26 Å². The van der Waals surface area contributed by atoms with Gasteiger partial charge in [-0.1, -0.05) is 31.9 Å². The number of rotatable bonds is 8. The normalized spacial score (nSPS) is 11.8. The highest BCUT2D eigenvalue weighted by Crippen LogP contribution is 2.16. The molecule has 0 fully saturated rings. The minimum Gasteiger partial charge on any atom is -0.491 e. The predicted octanol–water partition coefficient (Wildman–Crippen LogP) is 2.88. The van der Waals surface area contributed by atoms with E-state index >= 15 is 0 Å². The summed E-state index contributed by atoms with van der Waals surface area (Å²) >= 11 is 0. The fourth-order valence-corrected chi connectivity index (χ4v) is 2.54. The lowest BCUT2D eigenvalue weighted by molar-refractivity contribution is 0.341. The molecule has 0 saturated carbocycles. The van der Waals surface area contributed by atoms with Gasteiger partial charge in [-0.05, 0) is 18.6 Å². The molecule has 1 aromatic rings. The number of nitriles is 1. The van der Waals surface area contributed by atoms with Crippen molar-refractivity contribution in [1.29, 1.82) is 5.26 Å². The third-order valence-electron chi connectivity index (χ3n) is 2.55. The largest absolute Gasteiger partial charge is 0.491 e. The van der Waals surface area contributed by atoms with E-state index in [9.17, 15) is 4.21 Å². The molecule has 0 spiro atoms. The van der Waals surface area contributed by atoms with Gasteiger partial charge >= 0.3 is 0 Å². The maximum Gasteiger partial charge on any atom is 0.137 e. The molecule has 4 heteroatoms. The van der Waals surface area contributed by atoms with Crippen molar-refractivity contribution in [3.05, 3.63) is 29.8 Å². The van der Waals surface area contributed by atoms with Gasteiger partial charge < -0.3 is 4.74 Å². The number of hydrogen-bond donors (Lipinski definition) is 0. The van der Waals surface area contributed by atoms with Crippen LogP contribution in [0.15, 0.2) is 24.3 Å². The van der Waals surface area contributed by atoms with Gasteiger partial charge in [0, 0.05) is 16.6 Å². The maximum absolute atomic E-state index is 11.6. The molecule has 0 N–H and O–H groups in total. The SMILES string of the molecule is CCCCCS(=O)CCOc1ccccc1C#N. The molecule has 0 saturated heterocycles. The Morgan fingerprint density at radius 3 is 2.78 bits per heavy atom. The van der Waals surface area contributed by atoms with Crippen LogP contribution < -0.4 is 4.74 Å². The Labute approximate surface area is 111 Å². The quantitative estimate of drug-likeness (QED) is 0.679. The first-order valence-corrected chi connectivity index (χ1v) is 7.73. The smallest absolute Gasteiger partial charge is 0.137 e. The van der Waals surface area contributed by atoms with Crippen molar-refractivity contribution in [2.75, 3.05) is 18.1 Å². The molecule has 0 aliphatic carbocycles. The lowest BCUT2D eigenvalue weighted by Gasteiger charge is -2.07. The van der Waals surface area contributed by atoms with E-state index in [0.717, 1.165) is 25.0 Å². The fourth-order valence-electron chi connectivity index (χ4n) is 1.54. The van der Waals surface area contributed by atoms with Crippen molar-refractivity contribution in [2.45, 2.75) is 26.2 Å². The third kappa shape index (κ3) is 5.33. The maximum atomic E-state index is 11.6. The average molecular weight is 265 g/mol. The van der Waals surface area contributed by atoms with Crippen molar-refractivity contribution in [3.63, 3.8) is 0 Å². The van der Waals surface area contributed by atoms with Crippen LogP contribution >= 0.6 is 0 Å². The highest BCUT2D eigenvalue weighted by atomic mass is 32.2. The summed E-state index contributed by atoms with van der Waals surface area (Å²) in [6.45, 7) is 2.53. The minimum atomic E-state index is -0.812. The first-order valence-electron chi connectivity index (χ1n) is 6.24. The summed E-state index contributed by atoms with van der Waals surface area (Å²) in [6, 6.07) is 9.18. The molecule has 0 aliphatic rings. The second-order valence-corrected chi connectivity index (χ2v) is 5.71. The van der Waals surface area contributed by atoms with Gasteiger partial charge in [-0.25, -0.2) is 0 Å². The molecule has 98 valence electrons. The van der Waals surface area contributed by atoms with Crippen LogP contribution in [-0.4, -0.2) is 22.3 Å². The molecule has 1 rings (SSSR count). The molecule has 3 nitrogen and oxygen atoms in total. The molecule has 0 radical (unpaired) electrons. The standard InChI is InChI=1S/C14H19NO2S/c1-2-3-6-10-18(16)11-9-17-14-8-5-4-7-13(14)12-15/h4-5,7-8H,2-3,6,9-11H2,1H3. The van der Waals surface area contributed by atoms with E-state index in [1.807, 2.05) is 6.07 Å². The lowest BCUT2D eigenvalue weighted by Crippen LogP contribution is -2.11. The number of hydrogen-bond acceptors (Lipinski definition) is 3. The molecular formula is C14H19NO2S. The van der Waals surface area contributed by atoms with Gasteiger partial charge in [0.25, 0.3) is 0 Å². The molecule has 1 atom stereocenters. The Hall–Kier alpha value is -1.34. The summed E-state index contributed by atoms with van der Waals surface area (Å²) in [4.78, 5) is 0. The zero-order chi connectivity index (χ0) is 13.2. The molecule has 1 aromatic carbocycles. The molecule has 0 amide bonds. The molecule has 0 bridgehead atoms. The van der Waals surface area contributed by atoms with Gasteiger partial charge in [-0.3, -0.25) is 4.21 Å². The van der Waals surface area contributed by atoms with E-state index in [4.69, 9.17) is 10.00 Å². The van der Waals surface area contributed by atoms with Crippen molar-refractivity contribution in [3.8, 4) is 11.8 Å². The second kappa shape index (κ2) is 8.71. The van der Waals surface area contributed by atoms with Crippen LogP contribution in [0.25, 0.3) is 0 Å². The fraction of sp³-hybridized carbons (Fsp3) is 0.500. The number of unbranched alkanes of at least 4 members (excludes halogenated alkanes) is 2. The molecule has 1 unspecified atom stereocenters. The van der Waals surface area contributed by atoms with Gasteiger partial charge in [0.1, 0.15) is 11.8 Å². The van der Waals surface area contributed by atoms with Crippen LogP contribution in [0.5, 0.6) is 5.75 Å². The van der Waals surface area contributed by atoms with E-state index < -0.39 is 10.8 Å². The number of nitrogens with zero attached hydrogens (tertiary/aromatic N) is 1. The van der Waals surface area contributed by atoms with E-state index in [1.54, 1.807) is 18.2 Å². The molecule has 0 heterocycles. The Morgan fingerprint density at radius 2 is 2.06 bits per heavy atom. The first kappa shape index (κ1) is 14.7. The number of ether oxygens (including phenoxy) is 1. The van der Waals surface area contributed by atoms with E-state index in [1.165, 1.54) is 0 Å². The summed E-state index contributed by atoms with van der Waals surface area (Å²) in [5, 5.41) is 8.88. The zero-order valence-electron chi connectivity index (χ0n) is 10.7. The summed E-state index contributed by atoms with van der Waals surface area (Å²) in [5.74, 6) is 1.85. The minimum absolute atomic E-state index is 0.400. The number of benzene rings is 1. The highest BCUT2D eigenvalue weighted by molar-refractivity contribution is 7.84. The Kier molecular flexibility index (Phi) is 7.12. The van der Waals surface area contributed by atoms with E-state index in [2.05, 4.69) is 13.0 Å². The van der Waals surface area contributed by atoms with Gasteiger partial charge in [0.05, 0.1) is 17.9 Å². The van der Waals surface area contributed by atoms with Gasteiger partial charge in [0.15, 0.2) is 0 Å². The van der Waals surface area contributed by atoms with Crippen LogP contribution in [0, 0.1) is 11.3 Å². The highest BCUT2D eigenvalue weighted by Gasteiger charge is 2.03. The molecule has 0 aromatic heterocycles. The van der Waals surface area contributed by atoms with Crippen molar-refractivity contribution in [2.24, 2.45) is 0 Å². The van der Waals surface area contributed by atoms with Crippen molar-refractivity contribution in [1.82, 2.24) is 0 Å². The van der Waals surface area contributed by atoms with Gasteiger partial charge in [0.2, 0.25) is 0 Å². The topological polar surface area (TPSA) is 50.1 Å². The van der Waals surface area contributed by atoms with Crippen LogP contribution in [0.1, 0.15) is 31.7 Å². The van der Waals surface area contributed by atoms with Crippen LogP contribution in [0.4, 0.5) is 0 Å². The third-order valence-corrected chi connectivity index (χ3v) is 3.92. The Morgan fingerprint density at radius 1 is 1.28 bits per heavy atom. The average Bonchev–Trinajstić information content (AvgIpc) is 2.39. The Bertz CT molecular complexity index is 426. The Balaban J connectivity index is 2.29. The lowest BCUT2D eigenvalue weighted by atomic mass is 10.2. The van der Waals surface area contributed by atoms with Crippen LogP contribution in [0.2, 0.25) is 0 Å². The zero-order valence-corrected chi connectivity index (χ0v) is 11.5. The summed E-state index contributed by atoms with van der Waals surface area (Å²) < 4.78 is 17.1.